The molecule has 128 valence electrons. The first-order valence-electron chi connectivity index (χ1n) is 8.17. The van der Waals surface area contributed by atoms with Gasteiger partial charge in [0, 0.05) is 13.7 Å². The van der Waals surface area contributed by atoms with Gasteiger partial charge in [-0.2, -0.15) is 0 Å². The fourth-order valence-corrected chi connectivity index (χ4v) is 2.54. The van der Waals surface area contributed by atoms with Crippen molar-refractivity contribution in [2.24, 2.45) is 0 Å². The molecule has 0 radical (unpaired) electrons. The van der Waals surface area contributed by atoms with E-state index in [2.05, 4.69) is 11.4 Å². The average Bonchev–Trinajstić information content (AvgIpc) is 2.60. The van der Waals surface area contributed by atoms with Gasteiger partial charge in [-0.05, 0) is 49.1 Å². The van der Waals surface area contributed by atoms with E-state index in [-0.39, 0.29) is 5.91 Å². The van der Waals surface area contributed by atoms with Crippen molar-refractivity contribution in [3.05, 3.63) is 64.7 Å². The number of hydrogen-bond acceptors (Lipinski definition) is 3. The second-order valence-corrected chi connectivity index (χ2v) is 5.71. The molecule has 1 amide bonds. The molecule has 0 saturated heterocycles. The second kappa shape index (κ2) is 8.50. The highest BCUT2D eigenvalue weighted by Gasteiger charge is 2.22. The fraction of sp³-hybridized carbons (Fsp3) is 0.350. The zero-order chi connectivity index (χ0) is 17.5. The smallest absolute Gasteiger partial charge is 0.253 e. The number of amides is 1. The summed E-state index contributed by atoms with van der Waals surface area (Å²) >= 11 is 0. The number of benzene rings is 2. The molecule has 0 spiro atoms. The fourth-order valence-electron chi connectivity index (χ4n) is 2.54. The summed E-state index contributed by atoms with van der Waals surface area (Å²) in [7, 11) is 1.61. The van der Waals surface area contributed by atoms with E-state index in [0.717, 1.165) is 28.0 Å². The summed E-state index contributed by atoms with van der Waals surface area (Å²) in [5.74, 6) is 0.703. The molecule has 1 unspecified atom stereocenters. The van der Waals surface area contributed by atoms with Gasteiger partial charge in [-0.15, -0.1) is 0 Å². The first-order chi connectivity index (χ1) is 11.6. The molecule has 0 aliphatic heterocycles. The molecule has 24 heavy (non-hydrogen) atoms. The quantitative estimate of drug-likeness (QED) is 0.843. The summed E-state index contributed by atoms with van der Waals surface area (Å²) in [6.07, 6.45) is -0.626. The summed E-state index contributed by atoms with van der Waals surface area (Å²) in [6.45, 7) is 6.79. The van der Waals surface area contributed by atoms with Crippen LogP contribution in [-0.2, 0) is 16.1 Å². The Morgan fingerprint density at radius 3 is 2.62 bits per heavy atom. The number of likely N-dealkylation sites (N-methyl/N-ethyl adjacent to an activating group) is 1. The Morgan fingerprint density at radius 1 is 1.17 bits per heavy atom. The molecule has 2 aromatic rings. The number of ether oxygens (including phenoxy) is 2. The van der Waals surface area contributed by atoms with Crippen LogP contribution >= 0.6 is 0 Å². The zero-order valence-electron chi connectivity index (χ0n) is 14.8. The lowest BCUT2D eigenvalue weighted by Gasteiger charge is -2.20. The number of rotatable bonds is 7. The number of carbonyl (C=O) groups is 1. The van der Waals surface area contributed by atoms with Gasteiger partial charge >= 0.3 is 0 Å². The Morgan fingerprint density at radius 2 is 1.92 bits per heavy atom. The van der Waals surface area contributed by atoms with Crippen molar-refractivity contribution >= 4 is 5.91 Å². The summed E-state index contributed by atoms with van der Waals surface area (Å²) < 4.78 is 11.6. The van der Waals surface area contributed by atoms with Crippen molar-refractivity contribution in [1.29, 1.82) is 0 Å². The molecule has 2 rings (SSSR count). The Labute approximate surface area is 143 Å². The molecule has 0 fully saturated rings. The van der Waals surface area contributed by atoms with Gasteiger partial charge in [0.25, 0.3) is 5.91 Å². The van der Waals surface area contributed by atoms with Crippen LogP contribution in [0.5, 0.6) is 5.75 Å². The normalized spacial score (nSPS) is 11.8. The summed E-state index contributed by atoms with van der Waals surface area (Å²) in [6, 6.07) is 13.9. The van der Waals surface area contributed by atoms with E-state index in [1.807, 2.05) is 57.2 Å². The third-order valence-corrected chi connectivity index (χ3v) is 3.88. The van der Waals surface area contributed by atoms with Gasteiger partial charge in [-0.25, -0.2) is 0 Å². The van der Waals surface area contributed by atoms with E-state index in [1.165, 1.54) is 0 Å². The predicted octanol–water partition coefficient (Wildman–Crippen LogP) is 3.71. The minimum Gasteiger partial charge on any atom is -0.489 e. The molecular weight excluding hydrogens is 302 g/mol. The van der Waals surface area contributed by atoms with Crippen molar-refractivity contribution in [2.45, 2.75) is 33.5 Å². The molecule has 1 atom stereocenters. The third-order valence-electron chi connectivity index (χ3n) is 3.88. The van der Waals surface area contributed by atoms with Crippen molar-refractivity contribution in [1.82, 2.24) is 5.32 Å². The molecule has 1 N–H and O–H groups in total. The molecule has 4 nitrogen and oxygen atoms in total. The largest absolute Gasteiger partial charge is 0.489 e. The summed E-state index contributed by atoms with van der Waals surface area (Å²) in [5, 5.41) is 2.66. The summed E-state index contributed by atoms with van der Waals surface area (Å²) in [4.78, 5) is 12.2. The standard InChI is InChI=1S/C20H25NO3/c1-5-23-19(20(22)21-4)17-9-7-6-8-16(17)13-24-18-12-14(2)10-11-15(18)3/h6-12,19H,5,13H2,1-4H3,(H,21,22). The van der Waals surface area contributed by atoms with E-state index in [0.29, 0.717) is 13.2 Å². The Bertz CT molecular complexity index is 697. The van der Waals surface area contributed by atoms with Crippen LogP contribution < -0.4 is 10.1 Å². The van der Waals surface area contributed by atoms with Crippen molar-refractivity contribution in [3.63, 3.8) is 0 Å². The molecule has 0 bridgehead atoms. The highest BCUT2D eigenvalue weighted by molar-refractivity contribution is 5.82. The van der Waals surface area contributed by atoms with Crippen LogP contribution in [0.1, 0.15) is 35.3 Å². The lowest BCUT2D eigenvalue weighted by Crippen LogP contribution is -2.28. The first kappa shape index (κ1) is 18.0. The molecule has 0 aromatic heterocycles. The van der Waals surface area contributed by atoms with Crippen molar-refractivity contribution in [2.75, 3.05) is 13.7 Å². The Hall–Kier alpha value is -2.33. The van der Waals surface area contributed by atoms with Gasteiger partial charge in [0.15, 0.2) is 6.10 Å². The molecule has 4 heteroatoms. The van der Waals surface area contributed by atoms with E-state index < -0.39 is 6.10 Å². The summed E-state index contributed by atoms with van der Waals surface area (Å²) in [5.41, 5.74) is 4.02. The number of nitrogens with one attached hydrogen (secondary N) is 1. The lowest BCUT2D eigenvalue weighted by molar-refractivity contribution is -0.132. The average molecular weight is 327 g/mol. The van der Waals surface area contributed by atoms with Crippen LogP contribution in [0.2, 0.25) is 0 Å². The van der Waals surface area contributed by atoms with Gasteiger partial charge in [0.2, 0.25) is 0 Å². The van der Waals surface area contributed by atoms with E-state index in [1.54, 1.807) is 7.05 Å². The minimum atomic E-state index is -0.626. The Balaban J connectivity index is 2.24. The highest BCUT2D eigenvalue weighted by Crippen LogP contribution is 2.25. The molecule has 0 saturated carbocycles. The zero-order valence-corrected chi connectivity index (χ0v) is 14.8. The van der Waals surface area contributed by atoms with Crippen molar-refractivity contribution in [3.8, 4) is 5.75 Å². The highest BCUT2D eigenvalue weighted by atomic mass is 16.5. The Kier molecular flexibility index (Phi) is 6.38. The topological polar surface area (TPSA) is 47.6 Å². The van der Waals surface area contributed by atoms with Gasteiger partial charge in [-0.1, -0.05) is 36.4 Å². The number of hydrogen-bond donors (Lipinski definition) is 1. The first-order valence-corrected chi connectivity index (χ1v) is 8.17. The molecule has 2 aromatic carbocycles. The van der Waals surface area contributed by atoms with Gasteiger partial charge in [-0.3, -0.25) is 4.79 Å². The third kappa shape index (κ3) is 4.36. The van der Waals surface area contributed by atoms with Crippen LogP contribution in [0, 0.1) is 13.8 Å². The van der Waals surface area contributed by atoms with E-state index >= 15 is 0 Å². The number of aryl methyl sites for hydroxylation is 2. The molecule has 0 aliphatic carbocycles. The van der Waals surface area contributed by atoms with Gasteiger partial charge in [0.1, 0.15) is 12.4 Å². The van der Waals surface area contributed by atoms with Crippen LogP contribution in [0.15, 0.2) is 42.5 Å². The monoisotopic (exact) mass is 327 g/mol. The van der Waals surface area contributed by atoms with E-state index in [4.69, 9.17) is 9.47 Å². The van der Waals surface area contributed by atoms with Gasteiger partial charge in [0.05, 0.1) is 0 Å². The molecule has 0 aliphatic rings. The van der Waals surface area contributed by atoms with Crippen LogP contribution in [0.4, 0.5) is 0 Å². The van der Waals surface area contributed by atoms with E-state index in [9.17, 15) is 4.79 Å². The van der Waals surface area contributed by atoms with Crippen LogP contribution in [0.3, 0.4) is 0 Å². The SMILES string of the molecule is CCOC(C(=O)NC)c1ccccc1COc1cc(C)ccc1C. The second-order valence-electron chi connectivity index (χ2n) is 5.71. The maximum atomic E-state index is 12.2. The molecule has 0 heterocycles. The number of carbonyl (C=O) groups excluding carboxylic acids is 1. The van der Waals surface area contributed by atoms with Crippen LogP contribution in [-0.4, -0.2) is 19.6 Å². The lowest BCUT2D eigenvalue weighted by atomic mass is 10.0. The van der Waals surface area contributed by atoms with Gasteiger partial charge < -0.3 is 14.8 Å². The minimum absolute atomic E-state index is 0.156. The van der Waals surface area contributed by atoms with Crippen molar-refractivity contribution < 1.29 is 14.3 Å². The maximum Gasteiger partial charge on any atom is 0.253 e. The van der Waals surface area contributed by atoms with Crippen LogP contribution in [0.25, 0.3) is 0 Å². The maximum absolute atomic E-state index is 12.2. The predicted molar refractivity (Wildman–Crippen MR) is 95.1 cm³/mol. The molecular formula is C20H25NO3.